The predicted octanol–water partition coefficient (Wildman–Crippen LogP) is 3.85. The number of esters is 1. The fourth-order valence-electron chi connectivity index (χ4n) is 3.95. The third-order valence-corrected chi connectivity index (χ3v) is 5.68. The Morgan fingerprint density at radius 1 is 0.939 bits per heavy atom. The van der Waals surface area contributed by atoms with E-state index >= 15 is 0 Å². The average molecular weight is 450 g/mol. The summed E-state index contributed by atoms with van der Waals surface area (Å²) in [4.78, 5) is 37.8. The molecule has 0 bridgehead atoms. The Morgan fingerprint density at radius 3 is 2.52 bits per heavy atom. The van der Waals surface area contributed by atoms with Crippen molar-refractivity contribution in [2.24, 2.45) is 0 Å². The Bertz CT molecular complexity index is 1070. The summed E-state index contributed by atoms with van der Waals surface area (Å²) >= 11 is 0. The number of carbonyl (C=O) groups excluding carboxylic acids is 3. The highest BCUT2D eigenvalue weighted by Gasteiger charge is 2.22. The zero-order chi connectivity index (χ0) is 23.0. The fourth-order valence-corrected chi connectivity index (χ4v) is 3.95. The molecular weight excluding hydrogens is 422 g/mol. The van der Waals surface area contributed by atoms with Crippen LogP contribution in [0.5, 0.6) is 11.5 Å². The van der Waals surface area contributed by atoms with E-state index in [1.807, 2.05) is 0 Å². The van der Waals surface area contributed by atoms with Gasteiger partial charge in [0.25, 0.3) is 5.91 Å². The van der Waals surface area contributed by atoms with Gasteiger partial charge >= 0.3 is 5.97 Å². The van der Waals surface area contributed by atoms with Crippen LogP contribution < -0.4 is 14.8 Å². The molecule has 4 rings (SSSR count). The number of amides is 1. The first-order chi connectivity index (χ1) is 16.1. The first-order valence-corrected chi connectivity index (χ1v) is 11.3. The van der Waals surface area contributed by atoms with Crippen LogP contribution in [0.2, 0.25) is 0 Å². The van der Waals surface area contributed by atoms with Gasteiger partial charge in [0.05, 0.1) is 5.56 Å². The summed E-state index contributed by atoms with van der Waals surface area (Å²) in [7, 11) is 0. The molecule has 0 atom stereocenters. The van der Waals surface area contributed by atoms with Crippen LogP contribution in [0.1, 0.15) is 58.4 Å². The monoisotopic (exact) mass is 449 g/mol. The van der Waals surface area contributed by atoms with Crippen molar-refractivity contribution >= 4 is 17.7 Å². The molecule has 0 unspecified atom stereocenters. The SMILES string of the molecule is O=C(COC(=O)c1ccccc1C(=O)c1ccc2c(c1)OCCO2)NCCC1=CCCCC1. The lowest BCUT2D eigenvalue weighted by Gasteiger charge is -2.18. The summed E-state index contributed by atoms with van der Waals surface area (Å²) in [6, 6.07) is 11.3. The van der Waals surface area contributed by atoms with Crippen LogP contribution in [-0.4, -0.2) is 44.0 Å². The molecule has 0 spiro atoms. The number of nitrogens with one attached hydrogen (secondary N) is 1. The largest absolute Gasteiger partial charge is 0.486 e. The number of allylic oxidation sites excluding steroid dienone is 1. The minimum atomic E-state index is -0.721. The highest BCUT2D eigenvalue weighted by Crippen LogP contribution is 2.31. The van der Waals surface area contributed by atoms with Crippen LogP contribution in [0, 0.1) is 0 Å². The topological polar surface area (TPSA) is 90.9 Å². The summed E-state index contributed by atoms with van der Waals surface area (Å²) in [5, 5.41) is 2.78. The van der Waals surface area contributed by atoms with E-state index < -0.39 is 12.6 Å². The minimum Gasteiger partial charge on any atom is -0.486 e. The molecule has 1 N–H and O–H groups in total. The second-order valence-corrected chi connectivity index (χ2v) is 8.02. The number of ether oxygens (including phenoxy) is 3. The molecule has 7 nitrogen and oxygen atoms in total. The van der Waals surface area contributed by atoms with E-state index in [9.17, 15) is 14.4 Å². The van der Waals surface area contributed by atoms with Crippen molar-refractivity contribution in [3.8, 4) is 11.5 Å². The predicted molar refractivity (Wildman–Crippen MR) is 122 cm³/mol. The molecule has 7 heteroatoms. The number of rotatable bonds is 8. The second kappa shape index (κ2) is 10.8. The lowest BCUT2D eigenvalue weighted by Crippen LogP contribution is -2.30. The van der Waals surface area contributed by atoms with Crippen molar-refractivity contribution in [3.63, 3.8) is 0 Å². The lowest BCUT2D eigenvalue weighted by atomic mass is 9.97. The molecule has 0 radical (unpaired) electrons. The molecule has 0 saturated heterocycles. The van der Waals surface area contributed by atoms with E-state index in [1.54, 1.807) is 36.4 Å². The number of ketones is 1. The van der Waals surface area contributed by atoms with Gasteiger partial charge < -0.3 is 19.5 Å². The molecule has 1 aliphatic carbocycles. The van der Waals surface area contributed by atoms with Gasteiger partial charge in [-0.3, -0.25) is 9.59 Å². The standard InChI is InChI=1S/C26H27NO6/c28-24(27-13-12-18-6-2-1-3-7-18)17-33-26(30)21-9-5-4-8-20(21)25(29)19-10-11-22-23(16-19)32-15-14-31-22/h4-6,8-11,16H,1-3,7,12-15,17H2,(H,27,28). The van der Waals surface area contributed by atoms with Crippen LogP contribution in [0.15, 0.2) is 54.1 Å². The summed E-state index contributed by atoms with van der Waals surface area (Å²) < 4.78 is 16.2. The number of carbonyl (C=O) groups is 3. The first kappa shape index (κ1) is 22.6. The quantitative estimate of drug-likeness (QED) is 0.374. The van der Waals surface area contributed by atoms with E-state index in [0.29, 0.717) is 36.8 Å². The molecule has 2 aromatic rings. The van der Waals surface area contributed by atoms with Crippen LogP contribution >= 0.6 is 0 Å². The molecule has 0 aromatic heterocycles. The van der Waals surface area contributed by atoms with E-state index in [1.165, 1.54) is 24.5 Å². The van der Waals surface area contributed by atoms with Crippen molar-refractivity contribution in [2.45, 2.75) is 32.1 Å². The van der Waals surface area contributed by atoms with Crippen LogP contribution in [-0.2, 0) is 9.53 Å². The van der Waals surface area contributed by atoms with Gasteiger partial charge in [-0.25, -0.2) is 4.79 Å². The van der Waals surface area contributed by atoms with E-state index in [2.05, 4.69) is 11.4 Å². The highest BCUT2D eigenvalue weighted by molar-refractivity contribution is 6.14. The van der Waals surface area contributed by atoms with Gasteiger partial charge in [-0.05, 0) is 56.4 Å². The Kier molecular flexibility index (Phi) is 7.40. The van der Waals surface area contributed by atoms with Crippen molar-refractivity contribution < 1.29 is 28.6 Å². The molecule has 2 aliphatic rings. The molecule has 0 saturated carbocycles. The molecule has 2 aromatic carbocycles. The Hall–Kier alpha value is -3.61. The van der Waals surface area contributed by atoms with Crippen LogP contribution in [0.4, 0.5) is 0 Å². The maximum Gasteiger partial charge on any atom is 0.339 e. The molecule has 172 valence electrons. The summed E-state index contributed by atoms with van der Waals surface area (Å²) in [5.74, 6) is -0.356. The molecule has 1 heterocycles. The van der Waals surface area contributed by atoms with Gasteiger partial charge in [0.2, 0.25) is 0 Å². The molecule has 1 aliphatic heterocycles. The summed E-state index contributed by atoms with van der Waals surface area (Å²) in [6.07, 6.45) is 7.66. The molecular formula is C26H27NO6. The summed E-state index contributed by atoms with van der Waals surface area (Å²) in [6.45, 7) is 0.986. The number of fused-ring (bicyclic) bond motifs is 1. The second-order valence-electron chi connectivity index (χ2n) is 8.02. The van der Waals surface area contributed by atoms with Gasteiger partial charge in [-0.2, -0.15) is 0 Å². The Morgan fingerprint density at radius 2 is 1.73 bits per heavy atom. The smallest absolute Gasteiger partial charge is 0.339 e. The molecule has 0 fully saturated rings. The van der Waals surface area contributed by atoms with Crippen LogP contribution in [0.25, 0.3) is 0 Å². The Labute approximate surface area is 192 Å². The average Bonchev–Trinajstić information content (AvgIpc) is 2.87. The number of hydrogen-bond donors (Lipinski definition) is 1. The number of benzene rings is 2. The van der Waals surface area contributed by atoms with Crippen LogP contribution in [0.3, 0.4) is 0 Å². The maximum absolute atomic E-state index is 13.1. The first-order valence-electron chi connectivity index (χ1n) is 11.3. The third kappa shape index (κ3) is 5.80. The molecule has 1 amide bonds. The minimum absolute atomic E-state index is 0.109. The van der Waals surface area contributed by atoms with E-state index in [4.69, 9.17) is 14.2 Å². The van der Waals surface area contributed by atoms with Gasteiger partial charge in [0.15, 0.2) is 23.9 Å². The zero-order valence-corrected chi connectivity index (χ0v) is 18.4. The number of hydrogen-bond acceptors (Lipinski definition) is 6. The van der Waals surface area contributed by atoms with Gasteiger partial charge in [-0.15, -0.1) is 0 Å². The zero-order valence-electron chi connectivity index (χ0n) is 18.4. The Balaban J connectivity index is 1.35. The van der Waals surface area contributed by atoms with Crippen molar-refractivity contribution in [2.75, 3.05) is 26.4 Å². The van der Waals surface area contributed by atoms with Gasteiger partial charge in [0, 0.05) is 17.7 Å². The lowest BCUT2D eigenvalue weighted by molar-refractivity contribution is -0.124. The van der Waals surface area contributed by atoms with Gasteiger partial charge in [0.1, 0.15) is 13.2 Å². The van der Waals surface area contributed by atoms with E-state index in [0.717, 1.165) is 19.3 Å². The van der Waals surface area contributed by atoms with Crippen molar-refractivity contribution in [3.05, 3.63) is 70.8 Å². The van der Waals surface area contributed by atoms with Crippen molar-refractivity contribution in [1.29, 1.82) is 0 Å². The summed E-state index contributed by atoms with van der Waals surface area (Å²) in [5.41, 5.74) is 2.04. The maximum atomic E-state index is 13.1. The van der Waals surface area contributed by atoms with E-state index in [-0.39, 0.29) is 22.8 Å². The van der Waals surface area contributed by atoms with Gasteiger partial charge in [-0.1, -0.05) is 29.8 Å². The molecule has 33 heavy (non-hydrogen) atoms. The third-order valence-electron chi connectivity index (χ3n) is 5.68. The highest BCUT2D eigenvalue weighted by atomic mass is 16.6. The normalized spacial score (nSPS) is 14.7. The van der Waals surface area contributed by atoms with Crippen molar-refractivity contribution in [1.82, 2.24) is 5.32 Å². The fraction of sp³-hybridized carbons (Fsp3) is 0.346.